The molecule has 84 valence electrons. The molecular formula is C13H20BrN. The van der Waals surface area contributed by atoms with Crippen molar-refractivity contribution in [1.29, 1.82) is 0 Å². The molecule has 1 nitrogen and oxygen atoms in total. The van der Waals surface area contributed by atoms with Gasteiger partial charge in [-0.2, -0.15) is 0 Å². The third-order valence-electron chi connectivity index (χ3n) is 2.69. The fourth-order valence-corrected chi connectivity index (χ4v) is 2.29. The van der Waals surface area contributed by atoms with Crippen molar-refractivity contribution >= 4 is 21.6 Å². The zero-order chi connectivity index (χ0) is 11.4. The number of halogens is 1. The molecule has 0 aromatic heterocycles. The van der Waals surface area contributed by atoms with Gasteiger partial charge in [-0.05, 0) is 44.9 Å². The fraction of sp³-hybridized carbons (Fsp3) is 0.538. The number of aryl methyl sites for hydroxylation is 1. The average Bonchev–Trinajstić information content (AvgIpc) is 2.20. The highest BCUT2D eigenvalue weighted by Crippen LogP contribution is 2.23. The first kappa shape index (κ1) is 12.6. The highest BCUT2D eigenvalue weighted by Gasteiger charge is 2.10. The Labute approximate surface area is 102 Å². The van der Waals surface area contributed by atoms with Gasteiger partial charge in [0, 0.05) is 23.6 Å². The van der Waals surface area contributed by atoms with Crippen molar-refractivity contribution in [2.45, 2.75) is 39.1 Å². The molecule has 1 rings (SSSR count). The smallest absolute Gasteiger partial charge is 0.0398 e. The summed E-state index contributed by atoms with van der Waals surface area (Å²) in [4.78, 5) is 2.42. The minimum atomic E-state index is 0.559. The van der Waals surface area contributed by atoms with Crippen LogP contribution in [0.3, 0.4) is 0 Å². The molecule has 0 unspecified atom stereocenters. The molecule has 2 heteroatoms. The minimum absolute atomic E-state index is 0.559. The van der Waals surface area contributed by atoms with Gasteiger partial charge in [0.25, 0.3) is 0 Å². The highest BCUT2D eigenvalue weighted by molar-refractivity contribution is 9.08. The lowest BCUT2D eigenvalue weighted by molar-refractivity contribution is 0.701. The van der Waals surface area contributed by atoms with E-state index in [4.69, 9.17) is 0 Å². The highest BCUT2D eigenvalue weighted by atomic mass is 79.9. The van der Waals surface area contributed by atoms with Crippen LogP contribution in [0.25, 0.3) is 0 Å². The zero-order valence-corrected chi connectivity index (χ0v) is 11.6. The van der Waals surface area contributed by atoms with E-state index >= 15 is 0 Å². The Kier molecular flexibility index (Phi) is 4.65. The summed E-state index contributed by atoms with van der Waals surface area (Å²) in [6.45, 7) is 9.93. The average molecular weight is 270 g/mol. The van der Waals surface area contributed by atoms with Crippen LogP contribution in [-0.2, 0) is 5.33 Å². The quantitative estimate of drug-likeness (QED) is 0.744. The summed E-state index contributed by atoms with van der Waals surface area (Å²) >= 11 is 3.49. The molecule has 0 spiro atoms. The van der Waals surface area contributed by atoms with E-state index in [-0.39, 0.29) is 0 Å². The first-order valence-corrected chi connectivity index (χ1v) is 6.64. The van der Waals surface area contributed by atoms with Gasteiger partial charge < -0.3 is 4.90 Å². The van der Waals surface area contributed by atoms with Gasteiger partial charge in [-0.1, -0.05) is 28.1 Å². The lowest BCUT2D eigenvalue weighted by Gasteiger charge is -2.29. The lowest BCUT2D eigenvalue weighted by atomic mass is 10.1. The Morgan fingerprint density at radius 1 is 1.33 bits per heavy atom. The van der Waals surface area contributed by atoms with Gasteiger partial charge >= 0.3 is 0 Å². The van der Waals surface area contributed by atoms with Gasteiger partial charge in [0.05, 0.1) is 0 Å². The van der Waals surface area contributed by atoms with E-state index in [1.54, 1.807) is 0 Å². The van der Waals surface area contributed by atoms with E-state index in [1.165, 1.54) is 16.8 Å². The standard InChI is InChI=1S/C13H20BrN/c1-5-15(10(2)3)13-7-6-12(9-14)8-11(13)4/h6-8,10H,5,9H2,1-4H3. The SMILES string of the molecule is CCN(c1ccc(CBr)cc1C)C(C)C. The van der Waals surface area contributed by atoms with E-state index in [9.17, 15) is 0 Å². The summed E-state index contributed by atoms with van der Waals surface area (Å²) < 4.78 is 0. The molecule has 1 aromatic rings. The molecule has 0 bridgehead atoms. The van der Waals surface area contributed by atoms with Crippen LogP contribution in [0.4, 0.5) is 5.69 Å². The number of nitrogens with zero attached hydrogens (tertiary/aromatic N) is 1. The number of anilines is 1. The van der Waals surface area contributed by atoms with Crippen LogP contribution in [0.1, 0.15) is 31.9 Å². The number of hydrogen-bond donors (Lipinski definition) is 0. The molecule has 0 aliphatic rings. The monoisotopic (exact) mass is 269 g/mol. The van der Waals surface area contributed by atoms with Gasteiger partial charge in [0.2, 0.25) is 0 Å². The van der Waals surface area contributed by atoms with E-state index in [1.807, 2.05) is 0 Å². The first-order valence-electron chi connectivity index (χ1n) is 5.52. The van der Waals surface area contributed by atoms with Crippen molar-refractivity contribution in [1.82, 2.24) is 0 Å². The number of hydrogen-bond acceptors (Lipinski definition) is 1. The molecule has 0 N–H and O–H groups in total. The Balaban J connectivity index is 3.03. The Bertz CT molecular complexity index is 320. The normalized spacial score (nSPS) is 10.8. The summed E-state index contributed by atoms with van der Waals surface area (Å²) in [6.07, 6.45) is 0. The van der Waals surface area contributed by atoms with E-state index in [0.717, 1.165) is 11.9 Å². The third-order valence-corrected chi connectivity index (χ3v) is 3.34. The Hall–Kier alpha value is -0.500. The second-order valence-corrected chi connectivity index (χ2v) is 4.69. The molecule has 0 radical (unpaired) electrons. The topological polar surface area (TPSA) is 3.24 Å². The van der Waals surface area contributed by atoms with Crippen LogP contribution in [0.2, 0.25) is 0 Å². The number of alkyl halides is 1. The van der Waals surface area contributed by atoms with Gasteiger partial charge in [-0.15, -0.1) is 0 Å². The number of benzene rings is 1. The molecule has 0 aliphatic heterocycles. The maximum atomic E-state index is 3.49. The van der Waals surface area contributed by atoms with Crippen molar-refractivity contribution in [3.8, 4) is 0 Å². The summed E-state index contributed by atoms with van der Waals surface area (Å²) in [5.74, 6) is 0. The summed E-state index contributed by atoms with van der Waals surface area (Å²) in [5, 5.41) is 0.932. The molecule has 0 saturated carbocycles. The van der Waals surface area contributed by atoms with Crippen LogP contribution < -0.4 is 4.90 Å². The molecule has 0 amide bonds. The molecule has 0 atom stereocenters. The van der Waals surface area contributed by atoms with Crippen molar-refractivity contribution in [3.05, 3.63) is 29.3 Å². The molecule has 0 saturated heterocycles. The first-order chi connectivity index (χ1) is 7.10. The lowest BCUT2D eigenvalue weighted by Crippen LogP contribution is -2.30. The minimum Gasteiger partial charge on any atom is -0.369 e. The van der Waals surface area contributed by atoms with Crippen LogP contribution in [0, 0.1) is 6.92 Å². The Morgan fingerprint density at radius 3 is 2.40 bits per heavy atom. The molecular weight excluding hydrogens is 250 g/mol. The molecule has 1 aromatic carbocycles. The second-order valence-electron chi connectivity index (χ2n) is 4.13. The van der Waals surface area contributed by atoms with Crippen LogP contribution >= 0.6 is 15.9 Å². The summed E-state index contributed by atoms with van der Waals surface area (Å²) in [5.41, 5.74) is 4.07. The summed E-state index contributed by atoms with van der Waals surface area (Å²) in [7, 11) is 0. The molecule has 0 fully saturated rings. The largest absolute Gasteiger partial charge is 0.369 e. The van der Waals surface area contributed by atoms with Crippen molar-refractivity contribution in [3.63, 3.8) is 0 Å². The van der Waals surface area contributed by atoms with Gasteiger partial charge in [-0.3, -0.25) is 0 Å². The van der Waals surface area contributed by atoms with Crippen LogP contribution in [0.5, 0.6) is 0 Å². The zero-order valence-electron chi connectivity index (χ0n) is 10.0. The van der Waals surface area contributed by atoms with Crippen LogP contribution in [-0.4, -0.2) is 12.6 Å². The van der Waals surface area contributed by atoms with E-state index < -0.39 is 0 Å². The summed E-state index contributed by atoms with van der Waals surface area (Å²) in [6, 6.07) is 7.25. The fourth-order valence-electron chi connectivity index (χ4n) is 1.94. The molecule has 0 heterocycles. The van der Waals surface area contributed by atoms with Gasteiger partial charge in [0.1, 0.15) is 0 Å². The Morgan fingerprint density at radius 2 is 2.00 bits per heavy atom. The molecule has 0 aliphatic carbocycles. The van der Waals surface area contributed by atoms with Crippen molar-refractivity contribution in [2.24, 2.45) is 0 Å². The predicted octanol–water partition coefficient (Wildman–Crippen LogP) is 4.12. The van der Waals surface area contributed by atoms with Crippen molar-refractivity contribution in [2.75, 3.05) is 11.4 Å². The van der Waals surface area contributed by atoms with Gasteiger partial charge in [0.15, 0.2) is 0 Å². The maximum absolute atomic E-state index is 3.49. The number of rotatable bonds is 4. The molecule has 15 heavy (non-hydrogen) atoms. The maximum Gasteiger partial charge on any atom is 0.0398 e. The van der Waals surface area contributed by atoms with E-state index in [2.05, 4.69) is 66.7 Å². The third kappa shape index (κ3) is 2.97. The predicted molar refractivity (Wildman–Crippen MR) is 72.0 cm³/mol. The van der Waals surface area contributed by atoms with E-state index in [0.29, 0.717) is 6.04 Å². The van der Waals surface area contributed by atoms with Gasteiger partial charge in [-0.25, -0.2) is 0 Å². The van der Waals surface area contributed by atoms with Crippen LogP contribution in [0.15, 0.2) is 18.2 Å². The second kappa shape index (κ2) is 5.55. The van der Waals surface area contributed by atoms with Crippen molar-refractivity contribution < 1.29 is 0 Å².